The van der Waals surface area contributed by atoms with Crippen molar-refractivity contribution >= 4 is 45.5 Å². The second-order valence-corrected chi connectivity index (χ2v) is 8.85. The molecule has 0 aliphatic heterocycles. The molecule has 2 N–H and O–H groups in total. The van der Waals surface area contributed by atoms with Gasteiger partial charge in [-0.3, -0.25) is 4.68 Å². The fourth-order valence-electron chi connectivity index (χ4n) is 3.32. The average Bonchev–Trinajstić information content (AvgIpc) is 3.41. The van der Waals surface area contributed by atoms with Crippen LogP contribution in [0.1, 0.15) is 33.3 Å². The molecule has 4 aromatic rings. The van der Waals surface area contributed by atoms with Gasteiger partial charge >= 0.3 is 5.97 Å². The molecule has 2 heterocycles. The molecular formula is C25H24N4O2S2. The largest absolute Gasteiger partial charge is 0.462 e. The molecule has 0 saturated heterocycles. The van der Waals surface area contributed by atoms with Gasteiger partial charge in [0.25, 0.3) is 0 Å². The van der Waals surface area contributed by atoms with Gasteiger partial charge in [-0.1, -0.05) is 60.7 Å². The number of thiocarbonyl (C=S) groups is 1. The molecule has 2 aromatic heterocycles. The summed E-state index contributed by atoms with van der Waals surface area (Å²) in [5.74, 6) is 0.257. The number of thiophene rings is 1. The van der Waals surface area contributed by atoms with Crippen molar-refractivity contribution in [3.8, 4) is 0 Å². The number of carbonyl (C=O) groups excluding carboxylic acids is 1. The van der Waals surface area contributed by atoms with Crippen molar-refractivity contribution < 1.29 is 9.53 Å². The Morgan fingerprint density at radius 2 is 1.73 bits per heavy atom. The van der Waals surface area contributed by atoms with Crippen LogP contribution in [0.5, 0.6) is 0 Å². The summed E-state index contributed by atoms with van der Waals surface area (Å²) in [7, 11) is 0. The first-order chi connectivity index (χ1) is 16.1. The van der Waals surface area contributed by atoms with E-state index in [-0.39, 0.29) is 5.97 Å². The summed E-state index contributed by atoms with van der Waals surface area (Å²) in [6.45, 7) is 2.77. The van der Waals surface area contributed by atoms with Gasteiger partial charge in [-0.2, -0.15) is 5.10 Å². The lowest BCUT2D eigenvalue weighted by molar-refractivity contribution is 0.0528. The van der Waals surface area contributed by atoms with E-state index >= 15 is 0 Å². The molecule has 33 heavy (non-hydrogen) atoms. The van der Waals surface area contributed by atoms with Gasteiger partial charge in [0.2, 0.25) is 0 Å². The summed E-state index contributed by atoms with van der Waals surface area (Å²) in [6, 6.07) is 24.0. The van der Waals surface area contributed by atoms with Gasteiger partial charge in [-0.25, -0.2) is 4.79 Å². The highest BCUT2D eigenvalue weighted by atomic mass is 32.1. The second kappa shape index (κ2) is 10.9. The predicted octanol–water partition coefficient (Wildman–Crippen LogP) is 5.57. The fraction of sp³-hybridized carbons (Fsp3) is 0.160. The average molecular weight is 477 g/mol. The standard InChI is InChI=1S/C25H24N4O2S2/c1-2-31-24(30)21-16-20(15-18-9-5-3-6-10-18)33-23(21)27-25(32)26-22-13-14-29(28-22)17-19-11-7-4-8-12-19/h3-14,16H,2,15,17H2,1H3,(H2,26,27,28,32). The van der Waals surface area contributed by atoms with Crippen LogP contribution in [0, 0.1) is 0 Å². The lowest BCUT2D eigenvalue weighted by Crippen LogP contribution is -2.20. The summed E-state index contributed by atoms with van der Waals surface area (Å²) < 4.78 is 7.08. The third kappa shape index (κ3) is 6.27. The van der Waals surface area contributed by atoms with Gasteiger partial charge in [0, 0.05) is 23.6 Å². The number of rotatable bonds is 8. The normalized spacial score (nSPS) is 10.6. The first-order valence-electron chi connectivity index (χ1n) is 10.6. The summed E-state index contributed by atoms with van der Waals surface area (Å²) in [5, 5.41) is 11.8. The predicted molar refractivity (Wildman–Crippen MR) is 137 cm³/mol. The van der Waals surface area contributed by atoms with Crippen LogP contribution in [0.15, 0.2) is 79.0 Å². The quantitative estimate of drug-likeness (QED) is 0.256. The molecule has 0 aliphatic rings. The van der Waals surface area contributed by atoms with Crippen molar-refractivity contribution in [2.45, 2.75) is 19.9 Å². The molecule has 4 rings (SSSR count). The van der Waals surface area contributed by atoms with Gasteiger partial charge < -0.3 is 15.4 Å². The van der Waals surface area contributed by atoms with Crippen LogP contribution in [0.4, 0.5) is 10.8 Å². The number of nitrogens with one attached hydrogen (secondary N) is 2. The van der Waals surface area contributed by atoms with Gasteiger partial charge in [-0.05, 0) is 36.3 Å². The number of hydrogen-bond acceptors (Lipinski definition) is 5. The molecule has 0 unspecified atom stereocenters. The van der Waals surface area contributed by atoms with Gasteiger partial charge in [0.15, 0.2) is 10.9 Å². The molecule has 6 nitrogen and oxygen atoms in total. The number of hydrogen-bond donors (Lipinski definition) is 2. The Kier molecular flexibility index (Phi) is 7.49. The number of aromatic nitrogens is 2. The van der Waals surface area contributed by atoms with Crippen LogP contribution in [-0.4, -0.2) is 27.5 Å². The number of ether oxygens (including phenoxy) is 1. The molecule has 0 fully saturated rings. The molecule has 0 radical (unpaired) electrons. The number of esters is 1. The van der Waals surface area contributed by atoms with Gasteiger partial charge in [0.1, 0.15) is 5.00 Å². The van der Waals surface area contributed by atoms with Gasteiger partial charge in [-0.15, -0.1) is 11.3 Å². The maximum Gasteiger partial charge on any atom is 0.341 e. The van der Waals surface area contributed by atoms with Gasteiger partial charge in [0.05, 0.1) is 18.7 Å². The first kappa shape index (κ1) is 22.7. The fourth-order valence-corrected chi connectivity index (χ4v) is 4.67. The third-order valence-electron chi connectivity index (χ3n) is 4.80. The van der Waals surface area contributed by atoms with E-state index in [4.69, 9.17) is 17.0 Å². The molecule has 0 aliphatic carbocycles. The Balaban J connectivity index is 1.44. The molecule has 0 amide bonds. The first-order valence-corrected chi connectivity index (χ1v) is 11.8. The van der Waals surface area contributed by atoms with E-state index in [0.29, 0.717) is 34.6 Å². The maximum atomic E-state index is 12.5. The minimum Gasteiger partial charge on any atom is -0.462 e. The van der Waals surface area contributed by atoms with E-state index < -0.39 is 0 Å². The highest BCUT2D eigenvalue weighted by molar-refractivity contribution is 7.80. The summed E-state index contributed by atoms with van der Waals surface area (Å²) in [6.07, 6.45) is 2.62. The molecule has 2 aromatic carbocycles. The van der Waals surface area contributed by atoms with Crippen LogP contribution in [0.3, 0.4) is 0 Å². The van der Waals surface area contributed by atoms with E-state index in [1.165, 1.54) is 16.9 Å². The van der Waals surface area contributed by atoms with Crippen molar-refractivity contribution in [2.24, 2.45) is 0 Å². The molecule has 8 heteroatoms. The van der Waals surface area contributed by atoms with E-state index in [0.717, 1.165) is 16.9 Å². The Hall–Kier alpha value is -3.49. The van der Waals surface area contributed by atoms with Crippen LogP contribution >= 0.6 is 23.6 Å². The lowest BCUT2D eigenvalue weighted by atomic mass is 10.1. The van der Waals surface area contributed by atoms with Crippen LogP contribution < -0.4 is 10.6 Å². The van der Waals surface area contributed by atoms with Crippen LogP contribution in [0.2, 0.25) is 0 Å². The maximum absolute atomic E-state index is 12.5. The third-order valence-corrected chi connectivity index (χ3v) is 6.05. The zero-order chi connectivity index (χ0) is 23.0. The Morgan fingerprint density at radius 3 is 2.42 bits per heavy atom. The zero-order valence-corrected chi connectivity index (χ0v) is 19.8. The van der Waals surface area contributed by atoms with Crippen molar-refractivity contribution in [3.63, 3.8) is 0 Å². The van der Waals surface area contributed by atoms with Crippen LogP contribution in [0.25, 0.3) is 0 Å². The summed E-state index contributed by atoms with van der Waals surface area (Å²) in [4.78, 5) is 13.6. The Bertz CT molecular complexity index is 1220. The SMILES string of the molecule is CCOC(=O)c1cc(Cc2ccccc2)sc1NC(=S)Nc1ccn(Cc2ccccc2)n1. The molecule has 0 bridgehead atoms. The van der Waals surface area contributed by atoms with E-state index in [9.17, 15) is 4.79 Å². The smallest absolute Gasteiger partial charge is 0.341 e. The molecule has 0 spiro atoms. The van der Waals surface area contributed by atoms with E-state index in [1.54, 1.807) is 6.92 Å². The minimum atomic E-state index is -0.370. The molecule has 0 saturated carbocycles. The van der Waals surface area contributed by atoms with E-state index in [1.807, 2.05) is 59.4 Å². The molecular weight excluding hydrogens is 452 g/mol. The number of nitrogens with zero attached hydrogens (tertiary/aromatic N) is 2. The monoisotopic (exact) mass is 476 g/mol. The number of carbonyl (C=O) groups is 1. The highest BCUT2D eigenvalue weighted by Gasteiger charge is 2.18. The van der Waals surface area contributed by atoms with Crippen molar-refractivity contribution in [3.05, 3.63) is 101 Å². The minimum absolute atomic E-state index is 0.309. The summed E-state index contributed by atoms with van der Waals surface area (Å²) >= 11 is 6.98. The molecule has 168 valence electrons. The van der Waals surface area contributed by atoms with Crippen molar-refractivity contribution in [1.29, 1.82) is 0 Å². The number of anilines is 2. The summed E-state index contributed by atoms with van der Waals surface area (Å²) in [5.41, 5.74) is 2.81. The van der Waals surface area contributed by atoms with Crippen molar-refractivity contribution in [1.82, 2.24) is 9.78 Å². The Labute approximate surface area is 202 Å². The van der Waals surface area contributed by atoms with Crippen molar-refractivity contribution in [2.75, 3.05) is 17.2 Å². The van der Waals surface area contributed by atoms with Crippen LogP contribution in [-0.2, 0) is 17.7 Å². The Morgan fingerprint density at radius 1 is 1.03 bits per heavy atom. The van der Waals surface area contributed by atoms with E-state index in [2.05, 4.69) is 40.0 Å². The lowest BCUT2D eigenvalue weighted by Gasteiger charge is -2.09. The highest BCUT2D eigenvalue weighted by Crippen LogP contribution is 2.31. The number of benzene rings is 2. The second-order valence-electron chi connectivity index (χ2n) is 7.30. The topological polar surface area (TPSA) is 68.2 Å². The zero-order valence-electron chi connectivity index (χ0n) is 18.2. The molecule has 0 atom stereocenters.